The minimum absolute atomic E-state index is 0. The number of benzene rings is 1. The molecule has 1 aromatic rings. The summed E-state index contributed by atoms with van der Waals surface area (Å²) in [5, 5.41) is 3.39. The molecule has 1 saturated carbocycles. The molecule has 0 amide bonds. The summed E-state index contributed by atoms with van der Waals surface area (Å²) in [4.78, 5) is 0. The summed E-state index contributed by atoms with van der Waals surface area (Å²) >= 11 is 0. The molecule has 0 spiro atoms. The molecule has 1 heterocycles. The fourth-order valence-electron chi connectivity index (χ4n) is 2.84. The highest BCUT2D eigenvalue weighted by molar-refractivity contribution is 7.87. The van der Waals surface area contributed by atoms with Crippen molar-refractivity contribution in [2.45, 2.75) is 25.3 Å². The Kier molecular flexibility index (Phi) is 5.85. The molecule has 0 aromatic heterocycles. The average molecular weight is 346 g/mol. The molecule has 124 valence electrons. The van der Waals surface area contributed by atoms with Gasteiger partial charge in [-0.1, -0.05) is 24.3 Å². The molecule has 1 atom stereocenters. The summed E-state index contributed by atoms with van der Waals surface area (Å²) in [6, 6.07) is 8.30. The quantitative estimate of drug-likeness (QED) is 0.820. The van der Waals surface area contributed by atoms with E-state index < -0.39 is 10.2 Å². The van der Waals surface area contributed by atoms with Crippen LogP contribution < -0.4 is 10.0 Å². The van der Waals surface area contributed by atoms with E-state index in [1.54, 1.807) is 7.05 Å². The molecule has 0 bridgehead atoms. The van der Waals surface area contributed by atoms with Crippen molar-refractivity contribution in [3.63, 3.8) is 0 Å². The van der Waals surface area contributed by atoms with E-state index in [4.69, 9.17) is 0 Å². The summed E-state index contributed by atoms with van der Waals surface area (Å²) in [7, 11) is -1.72. The van der Waals surface area contributed by atoms with Crippen molar-refractivity contribution in [1.29, 1.82) is 0 Å². The van der Waals surface area contributed by atoms with Crippen molar-refractivity contribution in [1.82, 2.24) is 14.3 Å². The van der Waals surface area contributed by atoms with Crippen LogP contribution in [-0.4, -0.2) is 39.4 Å². The zero-order chi connectivity index (χ0) is 14.9. The molecular weight excluding hydrogens is 322 g/mol. The van der Waals surface area contributed by atoms with Gasteiger partial charge >= 0.3 is 0 Å². The molecular formula is C15H24ClN3O2S. The summed E-state index contributed by atoms with van der Waals surface area (Å²) in [5.41, 5.74) is 2.52. The second-order valence-electron chi connectivity index (χ2n) is 6.03. The third-order valence-electron chi connectivity index (χ3n) is 4.31. The van der Waals surface area contributed by atoms with Crippen molar-refractivity contribution < 1.29 is 8.42 Å². The van der Waals surface area contributed by atoms with Crippen LogP contribution in [0.4, 0.5) is 0 Å². The molecule has 0 radical (unpaired) electrons. The Hall–Kier alpha value is -0.660. The number of fused-ring (bicyclic) bond motifs is 1. The lowest BCUT2D eigenvalue weighted by atomic mass is 9.95. The van der Waals surface area contributed by atoms with Crippen LogP contribution >= 0.6 is 12.4 Å². The normalized spacial score (nSPS) is 21.3. The van der Waals surface area contributed by atoms with Crippen LogP contribution in [0, 0.1) is 5.92 Å². The van der Waals surface area contributed by atoms with Gasteiger partial charge < -0.3 is 5.32 Å². The van der Waals surface area contributed by atoms with Crippen molar-refractivity contribution in [2.75, 3.05) is 26.7 Å². The summed E-state index contributed by atoms with van der Waals surface area (Å²) in [6.07, 6.45) is 3.30. The molecule has 5 nitrogen and oxygen atoms in total. The molecule has 3 rings (SSSR count). The van der Waals surface area contributed by atoms with Gasteiger partial charge in [0.1, 0.15) is 0 Å². The first-order valence-electron chi connectivity index (χ1n) is 7.58. The van der Waals surface area contributed by atoms with Crippen LogP contribution in [0.1, 0.15) is 30.0 Å². The van der Waals surface area contributed by atoms with Gasteiger partial charge in [0.2, 0.25) is 0 Å². The fourth-order valence-corrected chi connectivity index (χ4v) is 3.84. The highest BCUT2D eigenvalue weighted by Gasteiger charge is 2.29. The average Bonchev–Trinajstić information content (AvgIpc) is 3.29. The van der Waals surface area contributed by atoms with Crippen molar-refractivity contribution in [2.24, 2.45) is 5.92 Å². The van der Waals surface area contributed by atoms with E-state index in [1.165, 1.54) is 15.4 Å². The Morgan fingerprint density at radius 1 is 1.32 bits per heavy atom. The SMILES string of the molecule is CN(CC1CC1)S(=O)(=O)NCC1NCCc2ccccc21.Cl. The Morgan fingerprint density at radius 2 is 2.05 bits per heavy atom. The van der Waals surface area contributed by atoms with Gasteiger partial charge in [-0.15, -0.1) is 12.4 Å². The monoisotopic (exact) mass is 345 g/mol. The zero-order valence-electron chi connectivity index (χ0n) is 12.8. The second-order valence-corrected chi connectivity index (χ2v) is 7.90. The molecule has 22 heavy (non-hydrogen) atoms. The van der Waals surface area contributed by atoms with E-state index in [0.717, 1.165) is 25.8 Å². The molecule has 7 heteroatoms. The van der Waals surface area contributed by atoms with E-state index in [1.807, 2.05) is 12.1 Å². The molecule has 1 unspecified atom stereocenters. The van der Waals surface area contributed by atoms with Crippen LogP contribution in [0.3, 0.4) is 0 Å². The first-order chi connectivity index (χ1) is 10.1. The first-order valence-corrected chi connectivity index (χ1v) is 9.02. The predicted molar refractivity (Wildman–Crippen MR) is 90.4 cm³/mol. The van der Waals surface area contributed by atoms with Gasteiger partial charge in [-0.05, 0) is 42.9 Å². The first kappa shape index (κ1) is 17.7. The molecule has 2 aliphatic rings. The van der Waals surface area contributed by atoms with E-state index in [0.29, 0.717) is 19.0 Å². The maximum absolute atomic E-state index is 12.2. The smallest absolute Gasteiger partial charge is 0.279 e. The zero-order valence-corrected chi connectivity index (χ0v) is 14.4. The minimum atomic E-state index is -3.37. The third-order valence-corrected chi connectivity index (χ3v) is 5.81. The van der Waals surface area contributed by atoms with Crippen LogP contribution in [0.25, 0.3) is 0 Å². The minimum Gasteiger partial charge on any atom is -0.308 e. The van der Waals surface area contributed by atoms with Crippen molar-refractivity contribution in [3.05, 3.63) is 35.4 Å². The molecule has 1 aliphatic heterocycles. The Bertz CT molecular complexity index is 605. The summed E-state index contributed by atoms with van der Waals surface area (Å²) < 4.78 is 28.7. The Morgan fingerprint density at radius 3 is 2.77 bits per heavy atom. The van der Waals surface area contributed by atoms with Crippen LogP contribution in [0.5, 0.6) is 0 Å². The number of rotatable bonds is 6. The van der Waals surface area contributed by atoms with Gasteiger partial charge in [-0.25, -0.2) is 4.72 Å². The summed E-state index contributed by atoms with van der Waals surface area (Å²) in [6.45, 7) is 1.92. The maximum Gasteiger partial charge on any atom is 0.279 e. The van der Waals surface area contributed by atoms with Crippen LogP contribution in [-0.2, 0) is 16.6 Å². The number of halogens is 1. The third kappa shape index (κ3) is 4.20. The lowest BCUT2D eigenvalue weighted by molar-refractivity contribution is 0.431. The van der Waals surface area contributed by atoms with Gasteiger partial charge in [-0.3, -0.25) is 0 Å². The van der Waals surface area contributed by atoms with Crippen LogP contribution in [0.2, 0.25) is 0 Å². The van der Waals surface area contributed by atoms with E-state index in [-0.39, 0.29) is 18.4 Å². The van der Waals surface area contributed by atoms with E-state index >= 15 is 0 Å². The highest BCUT2D eigenvalue weighted by atomic mass is 35.5. The second kappa shape index (κ2) is 7.27. The number of hydrogen-bond donors (Lipinski definition) is 2. The van der Waals surface area contributed by atoms with E-state index in [2.05, 4.69) is 22.2 Å². The highest BCUT2D eigenvalue weighted by Crippen LogP contribution is 2.30. The number of nitrogens with zero attached hydrogens (tertiary/aromatic N) is 1. The molecule has 1 fully saturated rings. The lowest BCUT2D eigenvalue weighted by Crippen LogP contribution is -2.44. The Balaban J connectivity index is 0.00000176. The topological polar surface area (TPSA) is 61.4 Å². The summed E-state index contributed by atoms with van der Waals surface area (Å²) in [5.74, 6) is 0.556. The van der Waals surface area contributed by atoms with Gasteiger partial charge in [0.15, 0.2) is 0 Å². The number of hydrogen-bond acceptors (Lipinski definition) is 3. The fraction of sp³-hybridized carbons (Fsp3) is 0.600. The Labute approximate surface area is 139 Å². The van der Waals surface area contributed by atoms with Gasteiger partial charge in [0, 0.05) is 26.2 Å². The van der Waals surface area contributed by atoms with Crippen molar-refractivity contribution in [3.8, 4) is 0 Å². The number of nitrogens with one attached hydrogen (secondary N) is 2. The van der Waals surface area contributed by atoms with Gasteiger partial charge in [0.05, 0.1) is 0 Å². The molecule has 1 aromatic carbocycles. The van der Waals surface area contributed by atoms with Gasteiger partial charge in [-0.2, -0.15) is 12.7 Å². The predicted octanol–water partition coefficient (Wildman–Crippen LogP) is 1.47. The van der Waals surface area contributed by atoms with Crippen LogP contribution in [0.15, 0.2) is 24.3 Å². The standard InChI is InChI=1S/C15H23N3O2S.ClH/c1-18(11-12-6-7-12)21(19,20)17-10-15-14-5-3-2-4-13(14)8-9-16-15;/h2-5,12,15-17H,6-11H2,1H3;1H. The molecule has 0 saturated heterocycles. The maximum atomic E-state index is 12.2. The largest absolute Gasteiger partial charge is 0.308 e. The van der Waals surface area contributed by atoms with Gasteiger partial charge in [0.25, 0.3) is 10.2 Å². The molecule has 2 N–H and O–H groups in total. The van der Waals surface area contributed by atoms with E-state index in [9.17, 15) is 8.42 Å². The molecule has 1 aliphatic carbocycles. The van der Waals surface area contributed by atoms with Crippen molar-refractivity contribution >= 4 is 22.6 Å². The lowest BCUT2D eigenvalue weighted by Gasteiger charge is -2.28.